The van der Waals surface area contributed by atoms with Crippen molar-refractivity contribution in [2.24, 2.45) is 5.73 Å². The van der Waals surface area contributed by atoms with E-state index in [9.17, 15) is 4.79 Å². The van der Waals surface area contributed by atoms with E-state index >= 15 is 0 Å². The Bertz CT molecular complexity index is 317. The van der Waals surface area contributed by atoms with Gasteiger partial charge in [0.25, 0.3) is 5.91 Å². The summed E-state index contributed by atoms with van der Waals surface area (Å²) in [7, 11) is 0. The van der Waals surface area contributed by atoms with E-state index < -0.39 is 11.3 Å². The summed E-state index contributed by atoms with van der Waals surface area (Å²) >= 11 is 0. The van der Waals surface area contributed by atoms with Crippen LogP contribution in [0.25, 0.3) is 0 Å². The van der Waals surface area contributed by atoms with Crippen molar-refractivity contribution in [1.82, 2.24) is 5.16 Å². The van der Waals surface area contributed by atoms with Crippen molar-refractivity contribution < 1.29 is 14.4 Å². The molecule has 5 heteroatoms. The topological polar surface area (TPSA) is 89.3 Å². The van der Waals surface area contributed by atoms with Gasteiger partial charge in [-0.15, -0.1) is 0 Å². The molecular weight excluding hydrogens is 172 g/mol. The number of carbonyl (C=O) groups excluding carboxylic acids is 1. The number of carbonyl (C=O) groups is 1. The Kier molecular flexibility index (Phi) is 2.38. The van der Waals surface area contributed by atoms with Crippen LogP contribution >= 0.6 is 0 Å². The maximum absolute atomic E-state index is 10.9. The highest BCUT2D eigenvalue weighted by Gasteiger charge is 2.29. The quantitative estimate of drug-likeness (QED) is 0.681. The van der Waals surface area contributed by atoms with E-state index in [1.54, 1.807) is 13.8 Å². The highest BCUT2D eigenvalue weighted by molar-refractivity contribution is 5.93. The monoisotopic (exact) mass is 183 g/mol. The maximum atomic E-state index is 10.9. The molecule has 5 nitrogen and oxygen atoms in total. The molecule has 0 atom stereocenters. The molecule has 0 spiro atoms. The van der Waals surface area contributed by atoms with Crippen molar-refractivity contribution in [3.8, 4) is 0 Å². The summed E-state index contributed by atoms with van der Waals surface area (Å²) in [4.78, 5) is 10.9. The van der Waals surface area contributed by atoms with E-state index in [1.165, 1.54) is 0 Å². The van der Waals surface area contributed by atoms with Crippen LogP contribution in [0.3, 0.4) is 0 Å². The first-order valence-corrected chi connectivity index (χ1v) is 3.77. The minimum absolute atomic E-state index is 0.0963. The van der Waals surface area contributed by atoms with Gasteiger partial charge in [-0.25, -0.2) is 0 Å². The maximum Gasteiger partial charge on any atom is 0.254 e. The zero-order valence-electron chi connectivity index (χ0n) is 7.50. The second kappa shape index (κ2) is 3.18. The molecule has 13 heavy (non-hydrogen) atoms. The van der Waals surface area contributed by atoms with Crippen LogP contribution in [-0.4, -0.2) is 22.8 Å². The van der Waals surface area contributed by atoms with E-state index in [-0.39, 0.29) is 12.2 Å². The van der Waals surface area contributed by atoms with Crippen LogP contribution in [0.15, 0.2) is 4.52 Å². The lowest BCUT2D eigenvalue weighted by Crippen LogP contribution is -2.26. The molecule has 3 N–H and O–H groups in total. The highest BCUT2D eigenvalue weighted by Crippen LogP contribution is 2.23. The Labute approximate surface area is 75.5 Å². The van der Waals surface area contributed by atoms with Crippen molar-refractivity contribution >= 4 is 5.91 Å². The molecular formula is C8H11N2O3. The summed E-state index contributed by atoms with van der Waals surface area (Å²) in [6.07, 6.45) is 2.27. The van der Waals surface area contributed by atoms with Gasteiger partial charge in [0.05, 0.1) is 6.61 Å². The van der Waals surface area contributed by atoms with Crippen LogP contribution in [0.5, 0.6) is 0 Å². The molecule has 1 aromatic heterocycles. The zero-order valence-corrected chi connectivity index (χ0v) is 7.50. The molecule has 0 fully saturated rings. The summed E-state index contributed by atoms with van der Waals surface area (Å²) in [6, 6.07) is 0. The molecule has 1 rings (SSSR count). The number of aliphatic hydroxyl groups excluding tert-OH is 1. The predicted octanol–water partition coefficient (Wildman–Crippen LogP) is -0.156. The predicted molar refractivity (Wildman–Crippen MR) is 44.0 cm³/mol. The molecule has 1 heterocycles. The smallest absolute Gasteiger partial charge is 0.254 e. The number of aliphatic hydroxyl groups is 1. The van der Waals surface area contributed by atoms with Gasteiger partial charge in [0, 0.05) is 5.41 Å². The largest absolute Gasteiger partial charge is 0.395 e. The van der Waals surface area contributed by atoms with Gasteiger partial charge >= 0.3 is 0 Å². The van der Waals surface area contributed by atoms with Crippen molar-refractivity contribution in [2.75, 3.05) is 6.61 Å². The fourth-order valence-corrected chi connectivity index (χ4v) is 0.912. The Hall–Kier alpha value is -1.36. The number of rotatable bonds is 3. The number of aromatic nitrogens is 1. The minimum Gasteiger partial charge on any atom is -0.395 e. The second-order valence-electron chi connectivity index (χ2n) is 3.41. The minimum atomic E-state index is -0.655. The Morgan fingerprint density at radius 3 is 2.85 bits per heavy atom. The lowest BCUT2D eigenvalue weighted by atomic mass is 9.88. The molecule has 0 unspecified atom stereocenters. The molecule has 0 saturated carbocycles. The van der Waals surface area contributed by atoms with Gasteiger partial charge in [-0.3, -0.25) is 4.79 Å². The van der Waals surface area contributed by atoms with Crippen molar-refractivity contribution in [3.05, 3.63) is 17.5 Å². The van der Waals surface area contributed by atoms with E-state index in [2.05, 4.69) is 15.9 Å². The van der Waals surface area contributed by atoms with E-state index in [4.69, 9.17) is 10.8 Å². The number of nitrogens with two attached hydrogens (primary N) is 1. The third-order valence-corrected chi connectivity index (χ3v) is 1.80. The van der Waals surface area contributed by atoms with Crippen molar-refractivity contribution in [3.63, 3.8) is 0 Å². The SMILES string of the molecule is CC(C)(CO)c1no[c]c1C(N)=O. The van der Waals surface area contributed by atoms with Gasteiger partial charge in [-0.2, -0.15) is 0 Å². The van der Waals surface area contributed by atoms with Crippen LogP contribution in [0.1, 0.15) is 29.9 Å². The lowest BCUT2D eigenvalue weighted by molar-refractivity contribution is 0.0996. The number of hydrogen-bond acceptors (Lipinski definition) is 4. The van der Waals surface area contributed by atoms with Crippen molar-refractivity contribution in [2.45, 2.75) is 19.3 Å². The molecule has 0 saturated heterocycles. The van der Waals surface area contributed by atoms with Gasteiger partial charge in [0.2, 0.25) is 6.26 Å². The standard InChI is InChI=1S/C8H11N2O3/c1-8(2,4-11)6-5(7(9)12)3-13-10-6/h11H,4H2,1-2H3,(H2,9,12). The first kappa shape index (κ1) is 9.73. The lowest BCUT2D eigenvalue weighted by Gasteiger charge is -2.18. The molecule has 1 radical (unpaired) electrons. The normalized spacial score (nSPS) is 11.6. The molecule has 0 aliphatic carbocycles. The third-order valence-electron chi connectivity index (χ3n) is 1.80. The molecule has 0 aliphatic rings. The number of primary amides is 1. The number of nitrogens with zero attached hydrogens (tertiary/aromatic N) is 1. The number of amides is 1. The number of hydrogen-bond donors (Lipinski definition) is 2. The van der Waals surface area contributed by atoms with Crippen molar-refractivity contribution in [1.29, 1.82) is 0 Å². The fourth-order valence-electron chi connectivity index (χ4n) is 0.912. The molecule has 1 aromatic rings. The van der Waals surface area contributed by atoms with Gasteiger partial charge in [0.15, 0.2) is 0 Å². The summed E-state index contributed by atoms with van der Waals surface area (Å²) in [5.41, 5.74) is 4.85. The average Bonchev–Trinajstić information content (AvgIpc) is 2.52. The third kappa shape index (κ3) is 1.70. The van der Waals surface area contributed by atoms with Crippen LogP contribution < -0.4 is 5.73 Å². The van der Waals surface area contributed by atoms with Crippen LogP contribution in [-0.2, 0) is 5.41 Å². The summed E-state index contributed by atoms with van der Waals surface area (Å²) in [5, 5.41) is 12.6. The molecule has 0 aliphatic heterocycles. The second-order valence-corrected chi connectivity index (χ2v) is 3.41. The van der Waals surface area contributed by atoms with E-state index in [0.717, 1.165) is 0 Å². The van der Waals surface area contributed by atoms with E-state index in [0.29, 0.717) is 5.69 Å². The summed E-state index contributed by atoms with van der Waals surface area (Å²) < 4.78 is 4.51. The Balaban J connectivity index is 3.14. The zero-order chi connectivity index (χ0) is 10.1. The van der Waals surface area contributed by atoms with Gasteiger partial charge < -0.3 is 15.4 Å². The van der Waals surface area contributed by atoms with Gasteiger partial charge in [-0.05, 0) is 0 Å². The van der Waals surface area contributed by atoms with Crippen LogP contribution in [0, 0.1) is 6.26 Å². The fraction of sp³-hybridized carbons (Fsp3) is 0.500. The Morgan fingerprint density at radius 1 is 1.77 bits per heavy atom. The van der Waals surface area contributed by atoms with Crippen LogP contribution in [0.2, 0.25) is 0 Å². The highest BCUT2D eigenvalue weighted by atomic mass is 16.5. The Morgan fingerprint density at radius 2 is 2.38 bits per heavy atom. The molecule has 0 bridgehead atoms. The average molecular weight is 183 g/mol. The van der Waals surface area contributed by atoms with Crippen LogP contribution in [0.4, 0.5) is 0 Å². The molecule has 71 valence electrons. The molecule has 1 amide bonds. The first-order valence-electron chi connectivity index (χ1n) is 3.77. The van der Waals surface area contributed by atoms with Gasteiger partial charge in [0.1, 0.15) is 11.3 Å². The molecule has 0 aromatic carbocycles. The summed E-state index contributed by atoms with van der Waals surface area (Å²) in [5.74, 6) is -0.655. The summed E-state index contributed by atoms with van der Waals surface area (Å²) in [6.45, 7) is 3.31. The first-order chi connectivity index (χ1) is 5.99. The van der Waals surface area contributed by atoms with Gasteiger partial charge in [-0.1, -0.05) is 19.0 Å². The van der Waals surface area contributed by atoms with E-state index in [1.807, 2.05) is 0 Å².